The van der Waals surface area contributed by atoms with Crippen LogP contribution in [0.25, 0.3) is 0 Å². The summed E-state index contributed by atoms with van der Waals surface area (Å²) in [4.78, 5) is 0. The molecule has 0 aromatic carbocycles. The highest BCUT2D eigenvalue weighted by Crippen LogP contribution is 2.39. The van der Waals surface area contributed by atoms with Crippen LogP contribution >= 0.6 is 0 Å². The minimum atomic E-state index is -0.535. The average molecular weight is 252 g/mol. The molecule has 0 atom stereocenters. The van der Waals surface area contributed by atoms with Gasteiger partial charge in [-0.25, -0.2) is 0 Å². The molecule has 0 saturated heterocycles. The molecular formula is C15H28N2O. The number of aliphatic hydroxyl groups is 1. The lowest BCUT2D eigenvalue weighted by Crippen LogP contribution is -2.45. The molecule has 0 amide bonds. The molecular weight excluding hydrogens is 224 g/mol. The van der Waals surface area contributed by atoms with Gasteiger partial charge in [-0.1, -0.05) is 13.8 Å². The Morgan fingerprint density at radius 1 is 1.22 bits per heavy atom. The number of nitriles is 1. The lowest BCUT2D eigenvalue weighted by Gasteiger charge is -2.40. The lowest BCUT2D eigenvalue weighted by atomic mass is 9.71. The van der Waals surface area contributed by atoms with Gasteiger partial charge in [0, 0.05) is 6.54 Å². The molecule has 1 fully saturated rings. The predicted molar refractivity (Wildman–Crippen MR) is 74.1 cm³/mol. The Bertz CT molecular complexity index is 305. The van der Waals surface area contributed by atoms with E-state index in [4.69, 9.17) is 5.26 Å². The van der Waals surface area contributed by atoms with Crippen LogP contribution in [0.1, 0.15) is 59.8 Å². The minimum Gasteiger partial charge on any atom is -0.389 e. The summed E-state index contributed by atoms with van der Waals surface area (Å²) in [6.45, 7) is 9.90. The Morgan fingerprint density at radius 3 is 2.28 bits per heavy atom. The molecule has 3 heteroatoms. The molecule has 0 heterocycles. The van der Waals surface area contributed by atoms with Gasteiger partial charge in [-0.15, -0.1) is 0 Å². The molecule has 1 aliphatic rings. The molecule has 2 N–H and O–H groups in total. The second kappa shape index (κ2) is 5.59. The molecule has 1 aliphatic carbocycles. The number of rotatable bonds is 5. The highest BCUT2D eigenvalue weighted by atomic mass is 16.3. The van der Waals surface area contributed by atoms with Crippen molar-refractivity contribution in [3.05, 3.63) is 0 Å². The van der Waals surface area contributed by atoms with Gasteiger partial charge in [0.1, 0.15) is 0 Å². The Labute approximate surface area is 112 Å². The van der Waals surface area contributed by atoms with Crippen molar-refractivity contribution in [1.82, 2.24) is 5.32 Å². The molecule has 0 aromatic rings. The zero-order chi connectivity index (χ0) is 13.9. The minimum absolute atomic E-state index is 0.274. The highest BCUT2D eigenvalue weighted by Gasteiger charge is 2.36. The number of nitrogens with one attached hydrogen (secondary N) is 1. The lowest BCUT2D eigenvalue weighted by molar-refractivity contribution is -0.0244. The van der Waals surface area contributed by atoms with Gasteiger partial charge in [0.2, 0.25) is 0 Å². The van der Waals surface area contributed by atoms with Crippen LogP contribution in [0.3, 0.4) is 0 Å². The molecule has 0 unspecified atom stereocenters. The van der Waals surface area contributed by atoms with Crippen molar-refractivity contribution >= 4 is 0 Å². The molecule has 3 nitrogen and oxygen atoms in total. The number of hydrogen-bond donors (Lipinski definition) is 2. The van der Waals surface area contributed by atoms with Gasteiger partial charge in [-0.2, -0.15) is 5.26 Å². The van der Waals surface area contributed by atoms with Gasteiger partial charge >= 0.3 is 0 Å². The Balaban J connectivity index is 2.26. The first-order chi connectivity index (χ1) is 8.18. The summed E-state index contributed by atoms with van der Waals surface area (Å²) in [6, 6.07) is 2.30. The van der Waals surface area contributed by atoms with Crippen molar-refractivity contribution in [2.24, 2.45) is 10.8 Å². The average Bonchev–Trinajstić information content (AvgIpc) is 2.30. The van der Waals surface area contributed by atoms with E-state index in [-0.39, 0.29) is 5.41 Å². The van der Waals surface area contributed by atoms with Crippen LogP contribution < -0.4 is 5.32 Å². The van der Waals surface area contributed by atoms with Crippen LogP contribution in [-0.4, -0.2) is 23.8 Å². The van der Waals surface area contributed by atoms with Crippen LogP contribution in [0.4, 0.5) is 0 Å². The molecule has 104 valence electrons. The summed E-state index contributed by atoms with van der Waals surface area (Å²) >= 11 is 0. The van der Waals surface area contributed by atoms with Crippen LogP contribution in [0.5, 0.6) is 0 Å². The maximum Gasteiger partial charge on any atom is 0.0772 e. The van der Waals surface area contributed by atoms with E-state index in [9.17, 15) is 5.11 Å². The van der Waals surface area contributed by atoms with Gasteiger partial charge in [0.15, 0.2) is 0 Å². The quantitative estimate of drug-likeness (QED) is 0.740. The highest BCUT2D eigenvalue weighted by molar-refractivity contribution is 4.93. The maximum atomic E-state index is 10.5. The van der Waals surface area contributed by atoms with Gasteiger partial charge in [-0.05, 0) is 57.9 Å². The van der Waals surface area contributed by atoms with E-state index in [1.54, 1.807) is 0 Å². The molecule has 0 bridgehead atoms. The Morgan fingerprint density at radius 2 is 1.78 bits per heavy atom. The van der Waals surface area contributed by atoms with Crippen LogP contribution in [0, 0.1) is 22.2 Å². The second-order valence-electron chi connectivity index (χ2n) is 7.31. The van der Waals surface area contributed by atoms with Crippen molar-refractivity contribution in [2.75, 3.05) is 13.1 Å². The first kappa shape index (κ1) is 15.5. The molecule has 0 radical (unpaired) electrons. The summed E-state index contributed by atoms with van der Waals surface area (Å²) in [7, 11) is 0. The first-order valence-electron chi connectivity index (χ1n) is 7.03. The SMILES string of the molecule is CC(C)(C#N)CCNCC1(O)CCC(C)(C)CC1. The maximum absolute atomic E-state index is 10.5. The molecule has 0 spiro atoms. The van der Waals surface area contributed by atoms with Gasteiger partial charge in [0.05, 0.1) is 17.1 Å². The smallest absolute Gasteiger partial charge is 0.0772 e. The molecule has 0 aromatic heterocycles. The second-order valence-corrected chi connectivity index (χ2v) is 7.31. The summed E-state index contributed by atoms with van der Waals surface area (Å²) in [6.07, 6.45) is 4.78. The summed E-state index contributed by atoms with van der Waals surface area (Å²) in [5.74, 6) is 0. The number of nitrogens with zero attached hydrogens (tertiary/aromatic N) is 1. The van der Waals surface area contributed by atoms with E-state index in [1.807, 2.05) is 13.8 Å². The van der Waals surface area contributed by atoms with E-state index < -0.39 is 5.60 Å². The standard InChI is InChI=1S/C15H28N2O/c1-13(2)5-7-15(18,8-6-13)12-17-10-9-14(3,4)11-16/h17-18H,5-10,12H2,1-4H3. The van der Waals surface area contributed by atoms with Gasteiger partial charge in [-0.3, -0.25) is 0 Å². The fourth-order valence-corrected chi connectivity index (χ4v) is 2.35. The molecule has 1 saturated carbocycles. The summed E-state index contributed by atoms with van der Waals surface area (Å²) in [5.41, 5.74) is -0.425. The third-order valence-corrected chi connectivity index (χ3v) is 4.22. The predicted octanol–water partition coefficient (Wildman–Crippen LogP) is 2.85. The Hall–Kier alpha value is -0.590. The molecule has 18 heavy (non-hydrogen) atoms. The van der Waals surface area contributed by atoms with Crippen LogP contribution in [0.15, 0.2) is 0 Å². The zero-order valence-electron chi connectivity index (χ0n) is 12.3. The molecule has 0 aliphatic heterocycles. The van der Waals surface area contributed by atoms with Crippen molar-refractivity contribution < 1.29 is 5.11 Å². The van der Waals surface area contributed by atoms with E-state index in [2.05, 4.69) is 25.2 Å². The van der Waals surface area contributed by atoms with E-state index >= 15 is 0 Å². The van der Waals surface area contributed by atoms with E-state index in [1.165, 1.54) is 0 Å². The van der Waals surface area contributed by atoms with E-state index in [0.717, 1.165) is 38.6 Å². The van der Waals surface area contributed by atoms with Gasteiger partial charge < -0.3 is 10.4 Å². The normalized spacial score (nSPS) is 22.4. The van der Waals surface area contributed by atoms with Crippen molar-refractivity contribution in [3.8, 4) is 6.07 Å². The third-order valence-electron chi connectivity index (χ3n) is 4.22. The zero-order valence-corrected chi connectivity index (χ0v) is 12.3. The van der Waals surface area contributed by atoms with E-state index in [0.29, 0.717) is 12.0 Å². The van der Waals surface area contributed by atoms with Crippen molar-refractivity contribution in [3.63, 3.8) is 0 Å². The Kier molecular flexibility index (Phi) is 4.80. The molecule has 1 rings (SSSR count). The topological polar surface area (TPSA) is 56.0 Å². The largest absolute Gasteiger partial charge is 0.389 e. The fraction of sp³-hybridized carbons (Fsp3) is 0.933. The number of hydrogen-bond acceptors (Lipinski definition) is 3. The fourth-order valence-electron chi connectivity index (χ4n) is 2.35. The first-order valence-corrected chi connectivity index (χ1v) is 7.03. The van der Waals surface area contributed by atoms with Crippen molar-refractivity contribution in [2.45, 2.75) is 65.4 Å². The van der Waals surface area contributed by atoms with Gasteiger partial charge in [0.25, 0.3) is 0 Å². The monoisotopic (exact) mass is 252 g/mol. The van der Waals surface area contributed by atoms with Crippen LogP contribution in [0.2, 0.25) is 0 Å². The summed E-state index contributed by atoms with van der Waals surface area (Å²) in [5, 5.41) is 22.7. The van der Waals surface area contributed by atoms with Crippen molar-refractivity contribution in [1.29, 1.82) is 5.26 Å². The summed E-state index contributed by atoms with van der Waals surface area (Å²) < 4.78 is 0. The third kappa shape index (κ3) is 4.96. The van der Waals surface area contributed by atoms with Crippen LogP contribution in [-0.2, 0) is 0 Å².